The minimum absolute atomic E-state index is 0.544. The number of aromatic nitrogens is 3. The van der Waals surface area contributed by atoms with Crippen LogP contribution in [0.3, 0.4) is 0 Å². The van der Waals surface area contributed by atoms with Crippen LogP contribution in [-0.4, -0.2) is 40.3 Å². The minimum Gasteiger partial charge on any atom is -0.336 e. The highest BCUT2D eigenvalue weighted by Gasteiger charge is 2.44. The van der Waals surface area contributed by atoms with Crippen LogP contribution in [0.25, 0.3) is 5.65 Å². The van der Waals surface area contributed by atoms with Crippen molar-refractivity contribution in [1.82, 2.24) is 19.9 Å². The molecule has 3 atom stereocenters. The van der Waals surface area contributed by atoms with E-state index in [1.165, 1.54) is 0 Å². The molecular formula is C14H18ClN5. The van der Waals surface area contributed by atoms with Crippen LogP contribution in [0.15, 0.2) is 18.3 Å². The Morgan fingerprint density at radius 2 is 2.30 bits per heavy atom. The van der Waals surface area contributed by atoms with Crippen LogP contribution in [0.1, 0.15) is 13.3 Å². The van der Waals surface area contributed by atoms with Gasteiger partial charge in [0.15, 0.2) is 5.65 Å². The standard InChI is InChI=1S/C14H18ClN5/c1-2-12-11-6-16-5-9(11)7-19(12)14-17-13-4-3-10(15)8-20(13)18-14/h3-4,8-9,11-12,16H,2,5-7H2,1H3. The summed E-state index contributed by atoms with van der Waals surface area (Å²) in [6, 6.07) is 4.32. The van der Waals surface area contributed by atoms with Gasteiger partial charge in [0.25, 0.3) is 0 Å². The normalized spacial score (nSPS) is 29.3. The molecule has 6 heteroatoms. The molecule has 2 saturated heterocycles. The van der Waals surface area contributed by atoms with Crippen molar-refractivity contribution in [2.75, 3.05) is 24.5 Å². The zero-order valence-corrected chi connectivity index (χ0v) is 12.2. The molecule has 20 heavy (non-hydrogen) atoms. The molecule has 1 N–H and O–H groups in total. The van der Waals surface area contributed by atoms with E-state index in [-0.39, 0.29) is 0 Å². The fraction of sp³-hybridized carbons (Fsp3) is 0.571. The first-order valence-electron chi connectivity index (χ1n) is 7.25. The lowest BCUT2D eigenvalue weighted by molar-refractivity contribution is 0.440. The maximum absolute atomic E-state index is 6.01. The molecule has 4 heterocycles. The fourth-order valence-electron chi connectivity index (χ4n) is 3.74. The van der Waals surface area contributed by atoms with Gasteiger partial charge in [0.1, 0.15) is 0 Å². The predicted molar refractivity (Wildman–Crippen MR) is 79.3 cm³/mol. The van der Waals surface area contributed by atoms with Crippen molar-refractivity contribution in [2.24, 2.45) is 11.8 Å². The summed E-state index contributed by atoms with van der Waals surface area (Å²) in [5.74, 6) is 2.30. The molecule has 0 aromatic carbocycles. The van der Waals surface area contributed by atoms with Gasteiger partial charge in [0.2, 0.25) is 5.95 Å². The molecule has 0 spiro atoms. The van der Waals surface area contributed by atoms with E-state index < -0.39 is 0 Å². The SMILES string of the molecule is CCC1C2CNCC2CN1c1nc2ccc(Cl)cn2n1. The molecule has 106 valence electrons. The summed E-state index contributed by atoms with van der Waals surface area (Å²) < 4.78 is 1.77. The van der Waals surface area contributed by atoms with Crippen molar-refractivity contribution in [3.05, 3.63) is 23.4 Å². The molecule has 3 unspecified atom stereocenters. The van der Waals surface area contributed by atoms with E-state index in [0.29, 0.717) is 11.1 Å². The van der Waals surface area contributed by atoms with E-state index in [1.54, 1.807) is 4.52 Å². The molecule has 2 aromatic rings. The number of nitrogens with one attached hydrogen (secondary N) is 1. The molecule has 2 aliphatic heterocycles. The zero-order chi connectivity index (χ0) is 13.7. The molecule has 5 nitrogen and oxygen atoms in total. The van der Waals surface area contributed by atoms with Gasteiger partial charge in [-0.1, -0.05) is 18.5 Å². The summed E-state index contributed by atoms with van der Waals surface area (Å²) in [5, 5.41) is 8.80. The van der Waals surface area contributed by atoms with Crippen LogP contribution in [0.5, 0.6) is 0 Å². The van der Waals surface area contributed by atoms with Crippen LogP contribution in [0.4, 0.5) is 5.95 Å². The summed E-state index contributed by atoms with van der Waals surface area (Å²) in [7, 11) is 0. The number of anilines is 1. The average Bonchev–Trinajstić information content (AvgIpc) is 3.09. The molecule has 2 aliphatic rings. The Bertz CT molecular complexity index is 640. The number of rotatable bonds is 2. The molecule has 0 radical (unpaired) electrons. The second kappa shape index (κ2) is 4.60. The third-order valence-corrected chi connectivity index (χ3v) is 4.90. The minimum atomic E-state index is 0.544. The van der Waals surface area contributed by atoms with E-state index in [9.17, 15) is 0 Å². The lowest BCUT2D eigenvalue weighted by atomic mass is 9.93. The van der Waals surface area contributed by atoms with Gasteiger partial charge in [-0.2, -0.15) is 4.98 Å². The number of nitrogens with zero attached hydrogens (tertiary/aromatic N) is 4. The number of hydrogen-bond donors (Lipinski definition) is 1. The van der Waals surface area contributed by atoms with Crippen molar-refractivity contribution in [1.29, 1.82) is 0 Å². The van der Waals surface area contributed by atoms with Crippen LogP contribution < -0.4 is 10.2 Å². The lowest BCUT2D eigenvalue weighted by Gasteiger charge is -2.25. The molecule has 0 amide bonds. The van der Waals surface area contributed by atoms with Gasteiger partial charge in [-0.25, -0.2) is 4.52 Å². The zero-order valence-electron chi connectivity index (χ0n) is 11.5. The van der Waals surface area contributed by atoms with E-state index in [0.717, 1.165) is 49.5 Å². The van der Waals surface area contributed by atoms with Gasteiger partial charge in [0.05, 0.1) is 5.02 Å². The van der Waals surface area contributed by atoms with Crippen molar-refractivity contribution < 1.29 is 0 Å². The van der Waals surface area contributed by atoms with Crippen LogP contribution in [-0.2, 0) is 0 Å². The van der Waals surface area contributed by atoms with Crippen LogP contribution in [0.2, 0.25) is 5.02 Å². The predicted octanol–water partition coefficient (Wildman–Crippen LogP) is 1.82. The summed E-state index contributed by atoms with van der Waals surface area (Å²) in [5.41, 5.74) is 0.856. The van der Waals surface area contributed by atoms with Crippen molar-refractivity contribution in [2.45, 2.75) is 19.4 Å². The van der Waals surface area contributed by atoms with E-state index in [4.69, 9.17) is 11.6 Å². The molecule has 0 saturated carbocycles. The maximum atomic E-state index is 6.01. The van der Waals surface area contributed by atoms with Gasteiger partial charge in [0, 0.05) is 31.9 Å². The van der Waals surface area contributed by atoms with Crippen molar-refractivity contribution in [3.8, 4) is 0 Å². The van der Waals surface area contributed by atoms with Gasteiger partial charge >= 0.3 is 0 Å². The third-order valence-electron chi connectivity index (χ3n) is 4.68. The quantitative estimate of drug-likeness (QED) is 0.917. The summed E-state index contributed by atoms with van der Waals surface area (Å²) in [6.07, 6.45) is 2.95. The summed E-state index contributed by atoms with van der Waals surface area (Å²) >= 11 is 6.01. The summed E-state index contributed by atoms with van der Waals surface area (Å²) in [6.45, 7) is 5.56. The second-order valence-electron chi connectivity index (χ2n) is 5.77. The number of fused-ring (bicyclic) bond motifs is 2. The third kappa shape index (κ3) is 1.80. The second-order valence-corrected chi connectivity index (χ2v) is 6.21. The Balaban J connectivity index is 1.71. The molecule has 0 bridgehead atoms. The molecule has 2 aromatic heterocycles. The van der Waals surface area contributed by atoms with Crippen LogP contribution >= 0.6 is 11.6 Å². The number of halogens is 1. The molecule has 4 rings (SSSR count). The molecular weight excluding hydrogens is 274 g/mol. The first-order chi connectivity index (χ1) is 9.76. The molecule has 2 fully saturated rings. The smallest absolute Gasteiger partial charge is 0.245 e. The maximum Gasteiger partial charge on any atom is 0.245 e. The van der Waals surface area contributed by atoms with E-state index in [1.807, 2.05) is 18.3 Å². The summed E-state index contributed by atoms with van der Waals surface area (Å²) in [4.78, 5) is 7.05. The van der Waals surface area contributed by atoms with Crippen molar-refractivity contribution >= 4 is 23.2 Å². The molecule has 0 aliphatic carbocycles. The van der Waals surface area contributed by atoms with Crippen LogP contribution in [0, 0.1) is 11.8 Å². The van der Waals surface area contributed by atoms with E-state index in [2.05, 4.69) is 27.2 Å². The monoisotopic (exact) mass is 291 g/mol. The topological polar surface area (TPSA) is 45.5 Å². The Morgan fingerprint density at radius 1 is 1.40 bits per heavy atom. The highest BCUT2D eigenvalue weighted by molar-refractivity contribution is 6.30. The van der Waals surface area contributed by atoms with Gasteiger partial charge < -0.3 is 10.2 Å². The lowest BCUT2D eigenvalue weighted by Crippen LogP contribution is -2.35. The highest BCUT2D eigenvalue weighted by atomic mass is 35.5. The average molecular weight is 292 g/mol. The first-order valence-corrected chi connectivity index (χ1v) is 7.63. The Labute approximate surface area is 122 Å². The fourth-order valence-corrected chi connectivity index (χ4v) is 3.90. The van der Waals surface area contributed by atoms with Gasteiger partial charge in [-0.15, -0.1) is 5.10 Å². The highest BCUT2D eigenvalue weighted by Crippen LogP contribution is 2.36. The Kier molecular flexibility index (Phi) is 2.86. The number of pyridine rings is 1. The van der Waals surface area contributed by atoms with Gasteiger partial charge in [-0.3, -0.25) is 0 Å². The number of hydrogen-bond acceptors (Lipinski definition) is 4. The largest absolute Gasteiger partial charge is 0.336 e. The Hall–Kier alpha value is -1.33. The van der Waals surface area contributed by atoms with E-state index >= 15 is 0 Å². The Morgan fingerprint density at radius 3 is 3.15 bits per heavy atom. The van der Waals surface area contributed by atoms with Crippen molar-refractivity contribution in [3.63, 3.8) is 0 Å². The van der Waals surface area contributed by atoms with Gasteiger partial charge in [-0.05, 0) is 30.4 Å². The first kappa shape index (κ1) is 12.4.